The summed E-state index contributed by atoms with van der Waals surface area (Å²) >= 11 is 0. The van der Waals surface area contributed by atoms with Crippen molar-refractivity contribution < 1.29 is 9.53 Å². The second-order valence-electron chi connectivity index (χ2n) is 4.11. The van der Waals surface area contributed by atoms with E-state index in [1.807, 2.05) is 44.2 Å². The van der Waals surface area contributed by atoms with Crippen LogP contribution in [0.4, 0.5) is 5.69 Å². The molecule has 0 aliphatic carbocycles. The largest absolute Gasteiger partial charge is 0.478 e. The Bertz CT molecular complexity index is 465. The van der Waals surface area contributed by atoms with Crippen LogP contribution < -0.4 is 9.64 Å². The van der Waals surface area contributed by atoms with E-state index in [4.69, 9.17) is 4.74 Å². The average molecular weight is 231 g/mol. The molecule has 0 saturated carbocycles. The second kappa shape index (κ2) is 4.62. The molecule has 3 nitrogen and oxygen atoms in total. The van der Waals surface area contributed by atoms with Crippen LogP contribution in [0.2, 0.25) is 0 Å². The van der Waals surface area contributed by atoms with Gasteiger partial charge in [-0.05, 0) is 19.4 Å². The number of nitrogens with zero attached hydrogens (tertiary/aromatic N) is 1. The van der Waals surface area contributed by atoms with Gasteiger partial charge < -0.3 is 9.64 Å². The Morgan fingerprint density at radius 2 is 2.24 bits per heavy atom. The monoisotopic (exact) mass is 231 g/mol. The van der Waals surface area contributed by atoms with E-state index < -0.39 is 0 Å². The van der Waals surface area contributed by atoms with Crippen LogP contribution in [0.3, 0.4) is 0 Å². The van der Waals surface area contributed by atoms with Crippen molar-refractivity contribution in [3.63, 3.8) is 0 Å². The highest BCUT2D eigenvalue weighted by Gasteiger charge is 2.31. The van der Waals surface area contributed by atoms with Gasteiger partial charge in [0.05, 0.1) is 5.69 Å². The molecule has 1 heterocycles. The molecule has 1 amide bonds. The molecule has 1 aromatic carbocycles. The molecule has 3 heteroatoms. The van der Waals surface area contributed by atoms with Crippen LogP contribution in [0.5, 0.6) is 5.75 Å². The number of para-hydroxylation sites is 1. The summed E-state index contributed by atoms with van der Waals surface area (Å²) in [7, 11) is 1.80. The Morgan fingerprint density at radius 1 is 1.47 bits per heavy atom. The maximum atomic E-state index is 12.0. The minimum absolute atomic E-state index is 0.0256. The number of hydrogen-bond donors (Lipinski definition) is 0. The lowest BCUT2D eigenvalue weighted by Gasteiger charge is -2.32. The molecule has 90 valence electrons. The molecule has 1 aliphatic rings. The smallest absolute Gasteiger partial charge is 0.267 e. The highest BCUT2D eigenvalue weighted by Crippen LogP contribution is 2.37. The van der Waals surface area contributed by atoms with E-state index in [0.29, 0.717) is 6.42 Å². The van der Waals surface area contributed by atoms with E-state index in [1.54, 1.807) is 11.9 Å². The van der Waals surface area contributed by atoms with Crippen LogP contribution in [0, 0.1) is 0 Å². The number of amides is 1. The van der Waals surface area contributed by atoms with Crippen LogP contribution in [0.25, 0.3) is 6.08 Å². The topological polar surface area (TPSA) is 29.5 Å². The van der Waals surface area contributed by atoms with Gasteiger partial charge in [-0.3, -0.25) is 4.79 Å². The van der Waals surface area contributed by atoms with E-state index in [1.165, 1.54) is 0 Å². The lowest BCUT2D eigenvalue weighted by molar-refractivity contribution is -0.126. The van der Waals surface area contributed by atoms with Gasteiger partial charge in [-0.2, -0.15) is 0 Å². The molecule has 1 unspecified atom stereocenters. The first kappa shape index (κ1) is 11.7. The van der Waals surface area contributed by atoms with E-state index in [2.05, 4.69) is 0 Å². The third-order valence-electron chi connectivity index (χ3n) is 2.97. The summed E-state index contributed by atoms with van der Waals surface area (Å²) in [5, 5.41) is 0. The number of rotatable bonds is 2. The predicted octanol–water partition coefficient (Wildman–Crippen LogP) is 2.85. The number of benzene rings is 1. The number of ether oxygens (including phenoxy) is 1. The summed E-state index contributed by atoms with van der Waals surface area (Å²) in [5.41, 5.74) is 1.86. The Kier molecular flexibility index (Phi) is 3.18. The molecule has 0 aromatic heterocycles. The number of allylic oxidation sites excluding steroid dienone is 1. The first-order valence-electron chi connectivity index (χ1n) is 5.89. The molecule has 0 saturated heterocycles. The van der Waals surface area contributed by atoms with Crippen LogP contribution in [-0.4, -0.2) is 19.1 Å². The van der Waals surface area contributed by atoms with Crippen molar-refractivity contribution >= 4 is 17.7 Å². The van der Waals surface area contributed by atoms with Crippen molar-refractivity contribution in [3.05, 3.63) is 29.8 Å². The van der Waals surface area contributed by atoms with Gasteiger partial charge in [-0.25, -0.2) is 0 Å². The van der Waals surface area contributed by atoms with Crippen LogP contribution in [0.15, 0.2) is 24.3 Å². The van der Waals surface area contributed by atoms with Gasteiger partial charge in [0.25, 0.3) is 5.91 Å². The summed E-state index contributed by atoms with van der Waals surface area (Å²) < 4.78 is 5.80. The van der Waals surface area contributed by atoms with E-state index >= 15 is 0 Å². The number of hydrogen-bond acceptors (Lipinski definition) is 2. The number of carbonyl (C=O) groups excluding carboxylic acids is 1. The average Bonchev–Trinajstić information content (AvgIpc) is 2.34. The minimum Gasteiger partial charge on any atom is -0.478 e. The number of likely N-dealkylation sites (N-methyl/N-ethyl adjacent to an activating group) is 1. The zero-order chi connectivity index (χ0) is 12.4. The van der Waals surface area contributed by atoms with E-state index in [0.717, 1.165) is 17.0 Å². The van der Waals surface area contributed by atoms with Crippen LogP contribution in [0.1, 0.15) is 25.8 Å². The zero-order valence-electron chi connectivity index (χ0n) is 10.4. The molecule has 17 heavy (non-hydrogen) atoms. The van der Waals surface area contributed by atoms with E-state index in [-0.39, 0.29) is 12.0 Å². The normalized spacial score (nSPS) is 19.4. The highest BCUT2D eigenvalue weighted by atomic mass is 16.5. The van der Waals surface area contributed by atoms with Gasteiger partial charge in [0.15, 0.2) is 11.9 Å². The summed E-state index contributed by atoms with van der Waals surface area (Å²) in [6.07, 6.45) is 4.29. The maximum Gasteiger partial charge on any atom is 0.267 e. The maximum absolute atomic E-state index is 12.0. The van der Waals surface area contributed by atoms with Gasteiger partial charge in [0.1, 0.15) is 0 Å². The summed E-state index contributed by atoms with van der Waals surface area (Å²) in [6, 6.07) is 5.84. The van der Waals surface area contributed by atoms with Gasteiger partial charge in [0, 0.05) is 12.6 Å². The minimum atomic E-state index is -0.362. The Labute approximate surface area is 102 Å². The fourth-order valence-corrected chi connectivity index (χ4v) is 2.03. The molecule has 0 radical (unpaired) electrons. The zero-order valence-corrected chi connectivity index (χ0v) is 10.4. The molecule has 0 fully saturated rings. The van der Waals surface area contributed by atoms with Crippen molar-refractivity contribution in [2.24, 2.45) is 0 Å². The summed E-state index contributed by atoms with van der Waals surface area (Å²) in [6.45, 7) is 3.92. The lowest BCUT2D eigenvalue weighted by Crippen LogP contribution is -2.43. The van der Waals surface area contributed by atoms with Gasteiger partial charge in [-0.1, -0.05) is 31.2 Å². The van der Waals surface area contributed by atoms with Crippen molar-refractivity contribution in [1.82, 2.24) is 0 Å². The molecule has 1 aromatic rings. The number of carbonyl (C=O) groups is 1. The van der Waals surface area contributed by atoms with Crippen molar-refractivity contribution in [2.45, 2.75) is 26.4 Å². The van der Waals surface area contributed by atoms with Gasteiger partial charge in [-0.15, -0.1) is 0 Å². The fourth-order valence-electron chi connectivity index (χ4n) is 2.03. The van der Waals surface area contributed by atoms with Crippen molar-refractivity contribution in [3.8, 4) is 5.75 Å². The van der Waals surface area contributed by atoms with Gasteiger partial charge in [0.2, 0.25) is 0 Å². The van der Waals surface area contributed by atoms with Crippen LogP contribution >= 0.6 is 0 Å². The van der Waals surface area contributed by atoms with Crippen LogP contribution in [-0.2, 0) is 4.79 Å². The van der Waals surface area contributed by atoms with E-state index in [9.17, 15) is 4.79 Å². The number of fused-ring (bicyclic) bond motifs is 1. The third-order valence-corrected chi connectivity index (χ3v) is 2.97. The SMILES string of the molecule is C/C=C/c1cccc2c1OC(CC)C(=O)N2C. The molecule has 0 bridgehead atoms. The standard InChI is InChI=1S/C14H17NO2/c1-4-7-10-8-6-9-11-13(10)17-12(5-2)14(16)15(11)3/h4,6-9,12H,5H2,1-3H3/b7-4+. The molecule has 1 atom stereocenters. The Morgan fingerprint density at radius 3 is 2.88 bits per heavy atom. The summed E-state index contributed by atoms with van der Waals surface area (Å²) in [4.78, 5) is 13.7. The second-order valence-corrected chi connectivity index (χ2v) is 4.11. The lowest BCUT2D eigenvalue weighted by atomic mass is 10.1. The first-order chi connectivity index (χ1) is 8.19. The number of anilines is 1. The molecule has 1 aliphatic heterocycles. The summed E-state index contributed by atoms with van der Waals surface area (Å²) in [5.74, 6) is 0.831. The first-order valence-corrected chi connectivity index (χ1v) is 5.89. The van der Waals surface area contributed by atoms with Crippen molar-refractivity contribution in [1.29, 1.82) is 0 Å². The fraction of sp³-hybridized carbons (Fsp3) is 0.357. The molecule has 0 N–H and O–H groups in total. The quantitative estimate of drug-likeness (QED) is 0.783. The highest BCUT2D eigenvalue weighted by molar-refractivity contribution is 6.00. The van der Waals surface area contributed by atoms with Gasteiger partial charge >= 0.3 is 0 Å². The molecular weight excluding hydrogens is 214 g/mol. The molecule has 0 spiro atoms. The Balaban J connectivity index is 2.52. The predicted molar refractivity (Wildman–Crippen MR) is 69.3 cm³/mol. The molecular formula is C14H17NO2. The van der Waals surface area contributed by atoms with Crippen molar-refractivity contribution in [2.75, 3.05) is 11.9 Å². The molecule has 2 rings (SSSR count). The third kappa shape index (κ3) is 1.93. The Hall–Kier alpha value is -1.77.